The van der Waals surface area contributed by atoms with Gasteiger partial charge in [-0.15, -0.1) is 0 Å². The average Bonchev–Trinajstić information content (AvgIpc) is 3.17. The van der Waals surface area contributed by atoms with E-state index in [0.29, 0.717) is 30.1 Å². The summed E-state index contributed by atoms with van der Waals surface area (Å²) in [6.45, 7) is 0.620. The Kier molecular flexibility index (Phi) is 7.69. The molecule has 31 heavy (non-hydrogen) atoms. The third-order valence-corrected chi connectivity index (χ3v) is 7.00. The molecule has 0 spiro atoms. The molecule has 1 saturated heterocycles. The van der Waals surface area contributed by atoms with E-state index in [1.54, 1.807) is 29.2 Å². The number of anilines is 2. The number of thioether (sulfide) groups is 1. The molecule has 166 valence electrons. The van der Waals surface area contributed by atoms with Crippen LogP contribution in [-0.2, 0) is 19.6 Å². The molecule has 1 aliphatic heterocycles. The first-order valence-electron chi connectivity index (χ1n) is 9.79. The van der Waals surface area contributed by atoms with Crippen LogP contribution >= 0.6 is 11.8 Å². The lowest BCUT2D eigenvalue weighted by Gasteiger charge is -2.20. The van der Waals surface area contributed by atoms with E-state index in [0.717, 1.165) is 18.6 Å². The molecular formula is C21H24FN3O4S2. The van der Waals surface area contributed by atoms with Gasteiger partial charge in [0.2, 0.25) is 21.8 Å². The van der Waals surface area contributed by atoms with Gasteiger partial charge in [0.1, 0.15) is 16.8 Å². The second-order valence-corrected chi connectivity index (χ2v) is 9.74. The van der Waals surface area contributed by atoms with E-state index >= 15 is 0 Å². The van der Waals surface area contributed by atoms with Crippen molar-refractivity contribution >= 4 is 45.0 Å². The molecule has 1 unspecified atom stereocenters. The zero-order chi connectivity index (χ0) is 22.4. The smallest absolute Gasteiger partial charge is 0.244 e. The van der Waals surface area contributed by atoms with Crippen LogP contribution in [0.5, 0.6) is 0 Å². The summed E-state index contributed by atoms with van der Waals surface area (Å²) in [5.41, 5.74) is 1.12. The zero-order valence-electron chi connectivity index (χ0n) is 17.0. The average molecular weight is 466 g/mol. The highest BCUT2D eigenvalue weighted by molar-refractivity contribution is 7.98. The largest absolute Gasteiger partial charge is 0.325 e. The molecule has 1 fully saturated rings. The number of hydrogen-bond acceptors (Lipinski definition) is 5. The predicted octanol–water partition coefficient (Wildman–Crippen LogP) is 2.99. The number of sulfonamides is 1. The van der Waals surface area contributed by atoms with Gasteiger partial charge in [0.15, 0.2) is 0 Å². The Balaban J connectivity index is 1.77. The number of nitrogens with one attached hydrogen (secondary N) is 2. The number of benzene rings is 2. The minimum atomic E-state index is -4.23. The summed E-state index contributed by atoms with van der Waals surface area (Å²) in [5, 5.41) is 2.71. The summed E-state index contributed by atoms with van der Waals surface area (Å²) >= 11 is 1.47. The molecule has 3 rings (SSSR count). The summed E-state index contributed by atoms with van der Waals surface area (Å²) < 4.78 is 41.7. The molecule has 2 N–H and O–H groups in total. The topological polar surface area (TPSA) is 95.6 Å². The molecule has 1 aliphatic rings. The van der Waals surface area contributed by atoms with Crippen LogP contribution in [0.2, 0.25) is 0 Å². The summed E-state index contributed by atoms with van der Waals surface area (Å²) in [6.07, 6.45) is 3.34. The zero-order valence-corrected chi connectivity index (χ0v) is 18.6. The van der Waals surface area contributed by atoms with Gasteiger partial charge in [-0.3, -0.25) is 9.59 Å². The van der Waals surface area contributed by atoms with Crippen LogP contribution in [0.15, 0.2) is 53.4 Å². The Morgan fingerprint density at radius 1 is 1.23 bits per heavy atom. The van der Waals surface area contributed by atoms with Crippen LogP contribution in [0.1, 0.15) is 19.3 Å². The van der Waals surface area contributed by atoms with Gasteiger partial charge in [0.25, 0.3) is 0 Å². The molecule has 0 aromatic heterocycles. The summed E-state index contributed by atoms with van der Waals surface area (Å²) in [7, 11) is -4.23. The number of hydrogen-bond donors (Lipinski definition) is 2. The van der Waals surface area contributed by atoms with Gasteiger partial charge >= 0.3 is 0 Å². The molecule has 1 atom stereocenters. The Bertz CT molecular complexity index is 1060. The van der Waals surface area contributed by atoms with Crippen LogP contribution in [0.4, 0.5) is 15.8 Å². The van der Waals surface area contributed by atoms with Crippen molar-refractivity contribution in [2.24, 2.45) is 0 Å². The minimum Gasteiger partial charge on any atom is -0.325 e. The van der Waals surface area contributed by atoms with E-state index in [-0.39, 0.29) is 12.3 Å². The highest BCUT2D eigenvalue weighted by atomic mass is 32.2. The van der Waals surface area contributed by atoms with Crippen LogP contribution in [0.25, 0.3) is 0 Å². The summed E-state index contributed by atoms with van der Waals surface area (Å²) in [5.74, 6) is -0.889. The van der Waals surface area contributed by atoms with Crippen molar-refractivity contribution in [1.82, 2.24) is 4.72 Å². The van der Waals surface area contributed by atoms with Crippen LogP contribution in [0.3, 0.4) is 0 Å². The number of amides is 2. The molecular weight excluding hydrogens is 441 g/mol. The standard InChI is InChI=1S/C21H24FN3O4S2/c1-30-13-11-18(24-31(28,29)19-9-3-2-8-17(19)22)21(27)23-15-6-4-7-16(14-15)25-12-5-10-20(25)26/h2-4,6-9,14,18,24H,5,10-13H2,1H3,(H,23,27). The summed E-state index contributed by atoms with van der Waals surface area (Å²) in [4.78, 5) is 26.0. The van der Waals surface area contributed by atoms with Gasteiger partial charge in [-0.1, -0.05) is 18.2 Å². The lowest BCUT2D eigenvalue weighted by atomic mass is 10.2. The molecule has 7 nitrogen and oxygen atoms in total. The van der Waals surface area contributed by atoms with E-state index in [2.05, 4.69) is 10.0 Å². The highest BCUT2D eigenvalue weighted by Gasteiger charge is 2.28. The van der Waals surface area contributed by atoms with Crippen LogP contribution in [0, 0.1) is 5.82 Å². The van der Waals surface area contributed by atoms with Gasteiger partial charge < -0.3 is 10.2 Å². The predicted molar refractivity (Wildman–Crippen MR) is 120 cm³/mol. The van der Waals surface area contributed by atoms with Gasteiger partial charge in [0, 0.05) is 24.3 Å². The third kappa shape index (κ3) is 5.84. The normalized spacial score (nSPS) is 15.2. The van der Waals surface area contributed by atoms with E-state index in [4.69, 9.17) is 0 Å². The quantitative estimate of drug-likeness (QED) is 0.594. The molecule has 0 bridgehead atoms. The lowest BCUT2D eigenvalue weighted by Crippen LogP contribution is -2.44. The molecule has 2 amide bonds. The SMILES string of the molecule is CSCCC(NS(=O)(=O)c1ccccc1F)C(=O)Nc1cccc(N2CCCC2=O)c1. The van der Waals surface area contributed by atoms with E-state index in [1.165, 1.54) is 23.9 Å². The molecule has 1 heterocycles. The van der Waals surface area contributed by atoms with Crippen molar-refractivity contribution in [1.29, 1.82) is 0 Å². The van der Waals surface area contributed by atoms with Gasteiger partial charge in [-0.2, -0.15) is 16.5 Å². The Hall–Kier alpha value is -2.43. The van der Waals surface area contributed by atoms with Crippen molar-refractivity contribution in [2.45, 2.75) is 30.2 Å². The second kappa shape index (κ2) is 10.3. The number of carbonyl (C=O) groups excluding carboxylic acids is 2. The van der Waals surface area contributed by atoms with Gasteiger partial charge in [-0.05, 0) is 55.2 Å². The number of rotatable bonds is 9. The molecule has 0 radical (unpaired) electrons. The number of nitrogens with zero attached hydrogens (tertiary/aromatic N) is 1. The van der Waals surface area contributed by atoms with E-state index in [1.807, 2.05) is 6.26 Å². The van der Waals surface area contributed by atoms with Crippen molar-refractivity contribution in [2.75, 3.05) is 28.8 Å². The minimum absolute atomic E-state index is 0.0268. The third-order valence-electron chi connectivity index (χ3n) is 4.85. The molecule has 2 aromatic carbocycles. The Morgan fingerprint density at radius 3 is 2.68 bits per heavy atom. The maximum Gasteiger partial charge on any atom is 0.244 e. The fourth-order valence-corrected chi connectivity index (χ4v) is 5.08. The molecule has 10 heteroatoms. The maximum atomic E-state index is 14.0. The number of carbonyl (C=O) groups is 2. The van der Waals surface area contributed by atoms with Crippen molar-refractivity contribution in [3.8, 4) is 0 Å². The monoisotopic (exact) mass is 465 g/mol. The van der Waals surface area contributed by atoms with Crippen LogP contribution in [-0.4, -0.2) is 44.8 Å². The molecule has 2 aromatic rings. The Labute approximate surface area is 185 Å². The maximum absolute atomic E-state index is 14.0. The fourth-order valence-electron chi connectivity index (χ4n) is 3.29. The first kappa shape index (κ1) is 23.2. The molecule has 0 saturated carbocycles. The fraction of sp³-hybridized carbons (Fsp3) is 0.333. The van der Waals surface area contributed by atoms with Crippen molar-refractivity contribution in [3.63, 3.8) is 0 Å². The second-order valence-electron chi connectivity index (χ2n) is 7.07. The van der Waals surface area contributed by atoms with E-state index < -0.39 is 32.7 Å². The first-order valence-corrected chi connectivity index (χ1v) is 12.7. The van der Waals surface area contributed by atoms with Gasteiger partial charge in [-0.25, -0.2) is 12.8 Å². The van der Waals surface area contributed by atoms with Gasteiger partial charge in [0.05, 0.1) is 0 Å². The number of halogens is 1. The lowest BCUT2D eigenvalue weighted by molar-refractivity contribution is -0.118. The molecule has 0 aliphatic carbocycles. The van der Waals surface area contributed by atoms with Crippen LogP contribution < -0.4 is 14.9 Å². The Morgan fingerprint density at radius 2 is 2.00 bits per heavy atom. The van der Waals surface area contributed by atoms with Crippen molar-refractivity contribution < 1.29 is 22.4 Å². The van der Waals surface area contributed by atoms with E-state index in [9.17, 15) is 22.4 Å². The summed E-state index contributed by atoms with van der Waals surface area (Å²) in [6, 6.07) is 10.8. The first-order chi connectivity index (χ1) is 14.8. The van der Waals surface area contributed by atoms with Crippen molar-refractivity contribution in [3.05, 3.63) is 54.3 Å². The highest BCUT2D eigenvalue weighted by Crippen LogP contribution is 2.24.